The lowest BCUT2D eigenvalue weighted by atomic mass is 10.1. The Labute approximate surface area is 184 Å². The van der Waals surface area contributed by atoms with E-state index in [1.165, 1.54) is 38.4 Å². The van der Waals surface area contributed by atoms with Crippen molar-refractivity contribution in [2.45, 2.75) is 38.3 Å². The minimum Gasteiger partial charge on any atom is -0.297 e. The number of hydrogen-bond donors (Lipinski definition) is 2. The highest BCUT2D eigenvalue weighted by atomic mass is 32.2. The number of nitrogens with one attached hydrogen (secondary N) is 2. The van der Waals surface area contributed by atoms with E-state index in [0.717, 1.165) is 23.0 Å². The summed E-state index contributed by atoms with van der Waals surface area (Å²) in [6.07, 6.45) is 0. The molecule has 0 aliphatic carbocycles. The average molecular weight is 447 g/mol. The van der Waals surface area contributed by atoms with Gasteiger partial charge in [0.2, 0.25) is 10.0 Å². The monoisotopic (exact) mass is 446 g/mol. The molecule has 168 valence electrons. The number of nitrogens with zero attached hydrogens (tertiary/aromatic N) is 2. The van der Waals surface area contributed by atoms with E-state index in [-0.39, 0.29) is 10.5 Å². The van der Waals surface area contributed by atoms with Gasteiger partial charge in [-0.1, -0.05) is 25.1 Å². The van der Waals surface area contributed by atoms with E-state index >= 15 is 0 Å². The highest BCUT2D eigenvalue weighted by Crippen LogP contribution is 2.15. The predicted molar refractivity (Wildman–Crippen MR) is 120 cm³/mol. The molecular formula is C22H30N4O4S. The third-order valence-corrected chi connectivity index (χ3v) is 6.71. The normalized spacial score (nSPS) is 11.7. The fourth-order valence-corrected chi connectivity index (χ4v) is 3.87. The second-order valence-electron chi connectivity index (χ2n) is 7.58. The Morgan fingerprint density at radius 1 is 0.935 bits per heavy atom. The minimum absolute atomic E-state index is 0.00501. The van der Waals surface area contributed by atoms with Gasteiger partial charge in [0.05, 0.1) is 4.90 Å². The molecule has 2 aromatic rings. The first-order valence-corrected chi connectivity index (χ1v) is 11.5. The molecule has 0 radical (unpaired) electrons. The molecule has 0 saturated heterocycles. The first kappa shape index (κ1) is 24.5. The molecule has 2 N–H and O–H groups in total. The molecule has 8 nitrogen and oxygen atoms in total. The van der Waals surface area contributed by atoms with Crippen LogP contribution in [0.25, 0.3) is 0 Å². The van der Waals surface area contributed by atoms with Gasteiger partial charge in [0.1, 0.15) is 0 Å². The summed E-state index contributed by atoms with van der Waals surface area (Å²) in [5, 5.41) is 0. The van der Waals surface area contributed by atoms with Crippen LogP contribution in [-0.4, -0.2) is 56.1 Å². The van der Waals surface area contributed by atoms with Gasteiger partial charge in [0.25, 0.3) is 11.8 Å². The van der Waals surface area contributed by atoms with E-state index in [0.29, 0.717) is 11.6 Å². The zero-order valence-electron chi connectivity index (χ0n) is 18.5. The Morgan fingerprint density at radius 2 is 1.52 bits per heavy atom. The van der Waals surface area contributed by atoms with E-state index in [1.807, 2.05) is 12.1 Å². The zero-order chi connectivity index (χ0) is 23.2. The third-order valence-electron chi connectivity index (χ3n) is 4.90. The van der Waals surface area contributed by atoms with Crippen molar-refractivity contribution >= 4 is 21.8 Å². The summed E-state index contributed by atoms with van der Waals surface area (Å²) in [6, 6.07) is 13.2. The molecule has 0 aromatic heterocycles. The van der Waals surface area contributed by atoms with Gasteiger partial charge in [-0.15, -0.1) is 0 Å². The summed E-state index contributed by atoms with van der Waals surface area (Å²) in [5.41, 5.74) is 6.29. The van der Waals surface area contributed by atoms with Crippen LogP contribution in [0.4, 0.5) is 0 Å². The van der Waals surface area contributed by atoms with E-state index in [9.17, 15) is 18.0 Å². The number of hydrogen-bond acceptors (Lipinski definition) is 5. The van der Waals surface area contributed by atoms with Gasteiger partial charge < -0.3 is 0 Å². The molecule has 0 heterocycles. The van der Waals surface area contributed by atoms with Gasteiger partial charge in [-0.3, -0.25) is 25.3 Å². The number of benzene rings is 2. The molecule has 0 unspecified atom stereocenters. The second-order valence-corrected chi connectivity index (χ2v) is 9.73. The van der Waals surface area contributed by atoms with Crippen LogP contribution < -0.4 is 10.9 Å². The van der Waals surface area contributed by atoms with Crippen LogP contribution >= 0.6 is 0 Å². The van der Waals surface area contributed by atoms with Gasteiger partial charge in [0.15, 0.2) is 0 Å². The molecule has 0 spiro atoms. The van der Waals surface area contributed by atoms with Crippen molar-refractivity contribution in [3.8, 4) is 0 Å². The summed E-state index contributed by atoms with van der Waals surface area (Å²) >= 11 is 0. The summed E-state index contributed by atoms with van der Waals surface area (Å²) in [5.74, 6) is -1.08. The Kier molecular flexibility index (Phi) is 8.32. The minimum atomic E-state index is -3.66. The van der Waals surface area contributed by atoms with Crippen LogP contribution in [0, 0.1) is 0 Å². The predicted octanol–water partition coefficient (Wildman–Crippen LogP) is 2.24. The molecular weight excluding hydrogens is 416 g/mol. The number of rotatable bonds is 8. The van der Waals surface area contributed by atoms with E-state index in [4.69, 9.17) is 0 Å². The van der Waals surface area contributed by atoms with Gasteiger partial charge >= 0.3 is 0 Å². The van der Waals surface area contributed by atoms with Gasteiger partial charge in [-0.2, -0.15) is 0 Å². The van der Waals surface area contributed by atoms with Crippen LogP contribution in [0.5, 0.6) is 0 Å². The number of carbonyl (C=O) groups excluding carboxylic acids is 2. The van der Waals surface area contributed by atoms with Crippen molar-refractivity contribution in [1.82, 2.24) is 20.1 Å². The highest BCUT2D eigenvalue weighted by Gasteiger charge is 2.19. The van der Waals surface area contributed by atoms with E-state index in [2.05, 4.69) is 36.5 Å². The number of sulfonamides is 1. The number of hydrazine groups is 1. The molecule has 0 aliphatic heterocycles. The van der Waals surface area contributed by atoms with Crippen LogP contribution in [0.2, 0.25) is 0 Å². The third kappa shape index (κ3) is 6.36. The van der Waals surface area contributed by atoms with Crippen molar-refractivity contribution in [2.24, 2.45) is 0 Å². The lowest BCUT2D eigenvalue weighted by molar-refractivity contribution is 0.0846. The van der Waals surface area contributed by atoms with Crippen molar-refractivity contribution in [2.75, 3.05) is 20.6 Å². The molecule has 2 amide bonds. The number of carbonyl (C=O) groups is 2. The average Bonchev–Trinajstić information content (AvgIpc) is 2.75. The molecule has 0 saturated carbocycles. The standard InChI is InChI=1S/C22H30N4O4S/c1-6-26(16(2)3)15-17-10-12-18(13-11-17)21(27)23-24-22(28)19-8-7-9-20(14-19)31(29,30)25(4)5/h7-14,16H,6,15H2,1-5H3,(H,23,27)(H,24,28). The van der Waals surface area contributed by atoms with Crippen molar-refractivity contribution in [1.29, 1.82) is 0 Å². The molecule has 9 heteroatoms. The maximum absolute atomic E-state index is 12.4. The Morgan fingerprint density at radius 3 is 2.03 bits per heavy atom. The summed E-state index contributed by atoms with van der Waals surface area (Å²) in [6.45, 7) is 8.11. The largest absolute Gasteiger partial charge is 0.297 e. The molecule has 0 aliphatic rings. The molecule has 31 heavy (non-hydrogen) atoms. The first-order valence-electron chi connectivity index (χ1n) is 10.0. The lowest BCUT2D eigenvalue weighted by Gasteiger charge is -2.24. The van der Waals surface area contributed by atoms with Crippen molar-refractivity contribution in [3.05, 3.63) is 65.2 Å². The Hall–Kier alpha value is -2.75. The quantitative estimate of drug-likeness (QED) is 0.606. The van der Waals surface area contributed by atoms with Crippen molar-refractivity contribution < 1.29 is 18.0 Å². The van der Waals surface area contributed by atoms with E-state index < -0.39 is 21.8 Å². The fraction of sp³-hybridized carbons (Fsp3) is 0.364. The van der Waals surface area contributed by atoms with Gasteiger partial charge in [-0.05, 0) is 56.3 Å². The first-order chi connectivity index (χ1) is 14.6. The molecule has 2 aromatic carbocycles. The summed E-state index contributed by atoms with van der Waals surface area (Å²) < 4.78 is 25.5. The van der Waals surface area contributed by atoms with Crippen LogP contribution in [-0.2, 0) is 16.6 Å². The molecule has 2 rings (SSSR count). The Balaban J connectivity index is 2.01. The molecule has 0 atom stereocenters. The Bertz CT molecular complexity index is 1020. The van der Waals surface area contributed by atoms with Gasteiger partial charge in [0, 0.05) is 37.8 Å². The summed E-state index contributed by atoms with van der Waals surface area (Å²) in [7, 11) is -0.839. The fourth-order valence-electron chi connectivity index (χ4n) is 2.92. The number of amides is 2. The molecule has 0 fully saturated rings. The summed E-state index contributed by atoms with van der Waals surface area (Å²) in [4.78, 5) is 27.0. The topological polar surface area (TPSA) is 98.8 Å². The lowest BCUT2D eigenvalue weighted by Crippen LogP contribution is -2.41. The van der Waals surface area contributed by atoms with Gasteiger partial charge in [-0.25, -0.2) is 12.7 Å². The van der Waals surface area contributed by atoms with Crippen molar-refractivity contribution in [3.63, 3.8) is 0 Å². The maximum Gasteiger partial charge on any atom is 0.269 e. The SMILES string of the molecule is CCN(Cc1ccc(C(=O)NNC(=O)c2cccc(S(=O)(=O)N(C)C)c2)cc1)C(C)C. The van der Waals surface area contributed by atoms with Crippen LogP contribution in [0.1, 0.15) is 47.1 Å². The zero-order valence-corrected chi connectivity index (χ0v) is 19.4. The highest BCUT2D eigenvalue weighted by molar-refractivity contribution is 7.89. The van der Waals surface area contributed by atoms with Crippen LogP contribution in [0.15, 0.2) is 53.4 Å². The van der Waals surface area contributed by atoms with E-state index in [1.54, 1.807) is 12.1 Å². The smallest absolute Gasteiger partial charge is 0.269 e. The maximum atomic E-state index is 12.4. The molecule has 0 bridgehead atoms. The van der Waals surface area contributed by atoms with Crippen LogP contribution in [0.3, 0.4) is 0 Å². The second kappa shape index (κ2) is 10.5.